The third-order valence-corrected chi connectivity index (χ3v) is 1.12. The lowest BCUT2D eigenvalue weighted by atomic mass is 10.4. The number of aliphatic hydroxyl groups excluding tert-OH is 1. The summed E-state index contributed by atoms with van der Waals surface area (Å²) in [6.45, 7) is 6.10. The summed E-state index contributed by atoms with van der Waals surface area (Å²) < 4.78 is 0. The van der Waals surface area contributed by atoms with Crippen LogP contribution in [0.25, 0.3) is 0 Å². The van der Waals surface area contributed by atoms with E-state index >= 15 is 0 Å². The molecule has 0 aromatic rings. The molecular formula is C9H20N2O. The molecule has 0 aliphatic carbocycles. The summed E-state index contributed by atoms with van der Waals surface area (Å²) in [5, 5.41) is 8.37. The molecule has 3 nitrogen and oxygen atoms in total. The van der Waals surface area contributed by atoms with Gasteiger partial charge in [0.25, 0.3) is 0 Å². The van der Waals surface area contributed by atoms with E-state index < -0.39 is 0 Å². The van der Waals surface area contributed by atoms with Crippen LogP contribution in [-0.2, 0) is 0 Å². The van der Waals surface area contributed by atoms with Crippen molar-refractivity contribution in [3.8, 4) is 0 Å². The standard InChI is InChI=1S/C5H10N2O.C4H10/c1-5(3-8)7-4-6-2;1-3-4-2/h4,8H,3H2,1-2H3;3-4H2,1-2H3. The molecule has 0 aliphatic heterocycles. The zero-order chi connectivity index (χ0) is 9.82. The van der Waals surface area contributed by atoms with Gasteiger partial charge in [0, 0.05) is 12.8 Å². The number of aliphatic imine (C=N–C) groups is 2. The van der Waals surface area contributed by atoms with Gasteiger partial charge in [-0.1, -0.05) is 26.7 Å². The van der Waals surface area contributed by atoms with E-state index in [9.17, 15) is 0 Å². The highest BCUT2D eigenvalue weighted by Crippen LogP contribution is 1.76. The molecule has 0 amide bonds. The van der Waals surface area contributed by atoms with Crippen molar-refractivity contribution < 1.29 is 5.11 Å². The van der Waals surface area contributed by atoms with E-state index in [1.807, 2.05) is 0 Å². The van der Waals surface area contributed by atoms with Gasteiger partial charge in [0.15, 0.2) is 0 Å². The Morgan fingerprint density at radius 2 is 1.83 bits per heavy atom. The minimum absolute atomic E-state index is 0.00597. The van der Waals surface area contributed by atoms with Crippen LogP contribution in [0, 0.1) is 0 Å². The number of hydrogen-bond donors (Lipinski definition) is 1. The fourth-order valence-corrected chi connectivity index (χ4v) is 0.197. The van der Waals surface area contributed by atoms with Crippen LogP contribution in [0.15, 0.2) is 9.98 Å². The summed E-state index contributed by atoms with van der Waals surface area (Å²) in [5.41, 5.74) is 0.676. The van der Waals surface area contributed by atoms with E-state index in [1.54, 1.807) is 14.0 Å². The molecule has 0 spiro atoms. The van der Waals surface area contributed by atoms with Crippen molar-refractivity contribution in [2.45, 2.75) is 33.6 Å². The molecule has 0 fully saturated rings. The Kier molecular flexibility index (Phi) is 14.9. The molecule has 0 bridgehead atoms. The summed E-state index contributed by atoms with van der Waals surface area (Å²) in [6.07, 6.45) is 4.05. The number of rotatable bonds is 3. The van der Waals surface area contributed by atoms with Gasteiger partial charge in [-0.05, 0) is 6.92 Å². The Morgan fingerprint density at radius 3 is 2.08 bits per heavy atom. The molecule has 0 saturated heterocycles. The quantitative estimate of drug-likeness (QED) is 0.513. The van der Waals surface area contributed by atoms with Gasteiger partial charge in [0.1, 0.15) is 6.34 Å². The largest absolute Gasteiger partial charge is 0.390 e. The Morgan fingerprint density at radius 1 is 1.33 bits per heavy atom. The van der Waals surface area contributed by atoms with Crippen LogP contribution in [0.3, 0.4) is 0 Å². The van der Waals surface area contributed by atoms with Gasteiger partial charge < -0.3 is 5.11 Å². The van der Waals surface area contributed by atoms with Crippen molar-refractivity contribution in [2.24, 2.45) is 9.98 Å². The third-order valence-electron chi connectivity index (χ3n) is 1.12. The van der Waals surface area contributed by atoms with Crippen molar-refractivity contribution in [3.05, 3.63) is 0 Å². The van der Waals surface area contributed by atoms with E-state index in [0.717, 1.165) is 0 Å². The maximum atomic E-state index is 8.37. The smallest absolute Gasteiger partial charge is 0.109 e. The molecule has 3 heteroatoms. The molecule has 0 radical (unpaired) electrons. The molecule has 0 aromatic heterocycles. The third kappa shape index (κ3) is 16.1. The summed E-state index contributed by atoms with van der Waals surface area (Å²) in [7, 11) is 1.63. The topological polar surface area (TPSA) is 45.0 Å². The average molecular weight is 172 g/mol. The molecule has 0 saturated carbocycles. The summed E-state index contributed by atoms with van der Waals surface area (Å²) in [5.74, 6) is 0. The summed E-state index contributed by atoms with van der Waals surface area (Å²) >= 11 is 0. The second-order valence-corrected chi connectivity index (χ2v) is 2.40. The van der Waals surface area contributed by atoms with Gasteiger partial charge in [-0.15, -0.1) is 0 Å². The first kappa shape index (κ1) is 13.9. The van der Waals surface area contributed by atoms with E-state index in [1.165, 1.54) is 19.2 Å². The first-order valence-electron chi connectivity index (χ1n) is 4.27. The number of nitrogens with zero attached hydrogens (tertiary/aromatic N) is 2. The summed E-state index contributed by atoms with van der Waals surface area (Å²) in [6, 6.07) is 0. The van der Waals surface area contributed by atoms with Crippen molar-refractivity contribution in [1.29, 1.82) is 0 Å². The van der Waals surface area contributed by atoms with Gasteiger partial charge in [-0.25, -0.2) is 4.99 Å². The Balaban J connectivity index is 0. The molecule has 0 heterocycles. The predicted molar refractivity (Wildman–Crippen MR) is 55.2 cm³/mol. The van der Waals surface area contributed by atoms with Crippen LogP contribution in [-0.4, -0.2) is 30.8 Å². The fourth-order valence-electron chi connectivity index (χ4n) is 0.197. The highest BCUT2D eigenvalue weighted by molar-refractivity contribution is 5.89. The zero-order valence-electron chi connectivity index (χ0n) is 8.54. The van der Waals surface area contributed by atoms with Crippen molar-refractivity contribution in [3.63, 3.8) is 0 Å². The highest BCUT2D eigenvalue weighted by Gasteiger charge is 1.79. The van der Waals surface area contributed by atoms with Crippen LogP contribution in [0.5, 0.6) is 0 Å². The molecule has 0 aliphatic rings. The van der Waals surface area contributed by atoms with Crippen LogP contribution in [0.1, 0.15) is 33.6 Å². The van der Waals surface area contributed by atoms with E-state index in [4.69, 9.17) is 5.11 Å². The Labute approximate surface area is 75.2 Å². The maximum Gasteiger partial charge on any atom is 0.109 e. The van der Waals surface area contributed by atoms with Crippen molar-refractivity contribution in [2.75, 3.05) is 13.7 Å². The van der Waals surface area contributed by atoms with Gasteiger partial charge in [-0.2, -0.15) is 0 Å². The Bertz CT molecular complexity index is 128. The average Bonchev–Trinajstić information content (AvgIpc) is 2.14. The second kappa shape index (κ2) is 12.9. The van der Waals surface area contributed by atoms with Crippen molar-refractivity contribution in [1.82, 2.24) is 0 Å². The van der Waals surface area contributed by atoms with E-state index in [0.29, 0.717) is 5.71 Å². The predicted octanol–water partition coefficient (Wildman–Crippen LogP) is 1.90. The van der Waals surface area contributed by atoms with Crippen LogP contribution < -0.4 is 0 Å². The zero-order valence-corrected chi connectivity index (χ0v) is 8.54. The monoisotopic (exact) mass is 172 g/mol. The first-order chi connectivity index (χ1) is 5.72. The van der Waals surface area contributed by atoms with Gasteiger partial charge in [-0.3, -0.25) is 4.99 Å². The van der Waals surface area contributed by atoms with Gasteiger partial charge in [0.05, 0.1) is 6.61 Å². The fraction of sp³-hybridized carbons (Fsp3) is 0.778. The normalized spacial score (nSPS) is 11.2. The van der Waals surface area contributed by atoms with Gasteiger partial charge >= 0.3 is 0 Å². The molecule has 0 unspecified atom stereocenters. The van der Waals surface area contributed by atoms with Crippen molar-refractivity contribution >= 4 is 12.1 Å². The molecule has 1 N–H and O–H groups in total. The number of unbranched alkanes of at least 4 members (excludes halogenated alkanes) is 1. The second-order valence-electron chi connectivity index (χ2n) is 2.40. The number of aliphatic hydroxyl groups is 1. The Hall–Kier alpha value is -0.700. The molecular weight excluding hydrogens is 152 g/mol. The SMILES string of the molecule is CCCC.CN=CN=C(C)CO. The molecule has 0 rings (SSSR count). The molecule has 72 valence electrons. The van der Waals surface area contributed by atoms with Crippen LogP contribution in [0.2, 0.25) is 0 Å². The van der Waals surface area contributed by atoms with Crippen LogP contribution in [0.4, 0.5) is 0 Å². The first-order valence-corrected chi connectivity index (χ1v) is 4.27. The van der Waals surface area contributed by atoms with Gasteiger partial charge in [0.2, 0.25) is 0 Å². The highest BCUT2D eigenvalue weighted by atomic mass is 16.3. The van der Waals surface area contributed by atoms with E-state index in [-0.39, 0.29) is 6.61 Å². The minimum Gasteiger partial charge on any atom is -0.390 e. The maximum absolute atomic E-state index is 8.37. The molecule has 0 atom stereocenters. The van der Waals surface area contributed by atoms with E-state index in [2.05, 4.69) is 23.8 Å². The molecule has 0 aromatic carbocycles. The summed E-state index contributed by atoms with van der Waals surface area (Å²) in [4.78, 5) is 7.34. The van der Waals surface area contributed by atoms with Crippen LogP contribution >= 0.6 is 0 Å². The lowest BCUT2D eigenvalue weighted by molar-refractivity contribution is 0.357. The lowest BCUT2D eigenvalue weighted by Crippen LogP contribution is -1.96. The lowest BCUT2D eigenvalue weighted by Gasteiger charge is -1.85. The minimum atomic E-state index is 0.00597. The number of hydrogen-bond acceptors (Lipinski definition) is 2. The molecule has 12 heavy (non-hydrogen) atoms.